The third-order valence-corrected chi connectivity index (χ3v) is 4.86. The summed E-state index contributed by atoms with van der Waals surface area (Å²) >= 11 is 19.3. The number of nitrogens with zero attached hydrogens (tertiary/aromatic N) is 1. The van der Waals surface area contributed by atoms with E-state index in [-0.39, 0.29) is 34.0 Å². The fraction of sp³-hybridized carbons (Fsp3) is 0.0588. The van der Waals surface area contributed by atoms with Crippen molar-refractivity contribution < 1.29 is 18.8 Å². The van der Waals surface area contributed by atoms with E-state index >= 15 is 0 Å². The molecule has 0 radical (unpaired) electrons. The minimum atomic E-state index is -0.789. The second kappa shape index (κ2) is 8.67. The third kappa shape index (κ3) is 4.95. The van der Waals surface area contributed by atoms with Crippen LogP contribution in [0.15, 0.2) is 51.4 Å². The Hall–Kier alpha value is -2.19. The van der Waals surface area contributed by atoms with Gasteiger partial charge in [0.1, 0.15) is 12.4 Å². The van der Waals surface area contributed by atoms with Crippen LogP contribution in [-0.4, -0.2) is 11.8 Å². The summed E-state index contributed by atoms with van der Waals surface area (Å²) in [5, 5.41) is 6.34. The van der Waals surface area contributed by atoms with Gasteiger partial charge >= 0.3 is 5.97 Å². The lowest BCUT2D eigenvalue weighted by atomic mass is 10.3. The van der Waals surface area contributed by atoms with Crippen LogP contribution in [0.1, 0.15) is 21.2 Å². The molecule has 0 amide bonds. The van der Waals surface area contributed by atoms with Gasteiger partial charge in [-0.25, -0.2) is 4.79 Å². The zero-order valence-corrected chi connectivity index (χ0v) is 16.5. The van der Waals surface area contributed by atoms with E-state index in [1.54, 1.807) is 12.1 Å². The molecule has 0 spiro atoms. The molecular formula is C17H11Cl3N2O4S. The van der Waals surface area contributed by atoms with Crippen molar-refractivity contribution in [3.8, 4) is 5.75 Å². The lowest BCUT2D eigenvalue weighted by Crippen LogP contribution is -2.13. The van der Waals surface area contributed by atoms with Crippen LogP contribution in [0.2, 0.25) is 15.1 Å². The van der Waals surface area contributed by atoms with Gasteiger partial charge in [0.2, 0.25) is 5.76 Å². The number of halogens is 3. The Kier molecular flexibility index (Phi) is 6.28. The van der Waals surface area contributed by atoms with Crippen molar-refractivity contribution in [1.82, 2.24) is 0 Å². The van der Waals surface area contributed by atoms with E-state index in [9.17, 15) is 4.79 Å². The van der Waals surface area contributed by atoms with Crippen molar-refractivity contribution in [1.29, 1.82) is 0 Å². The van der Waals surface area contributed by atoms with Crippen LogP contribution in [0.25, 0.3) is 0 Å². The lowest BCUT2D eigenvalue weighted by molar-refractivity contribution is 0.0475. The van der Waals surface area contributed by atoms with Gasteiger partial charge in [0.15, 0.2) is 11.6 Å². The summed E-state index contributed by atoms with van der Waals surface area (Å²) in [4.78, 5) is 17.4. The summed E-state index contributed by atoms with van der Waals surface area (Å²) in [7, 11) is 0. The van der Waals surface area contributed by atoms with Gasteiger partial charge in [-0.3, -0.25) is 0 Å². The maximum Gasteiger partial charge on any atom is 0.400 e. The molecule has 3 rings (SSSR count). The van der Waals surface area contributed by atoms with E-state index in [1.165, 1.54) is 29.5 Å². The summed E-state index contributed by atoms with van der Waals surface area (Å²) in [5.74, 6) is -0.121. The van der Waals surface area contributed by atoms with Crippen molar-refractivity contribution in [2.24, 2.45) is 10.9 Å². The molecular weight excluding hydrogens is 435 g/mol. The topological polar surface area (TPSA) is 87.1 Å². The first-order chi connectivity index (χ1) is 12.9. The number of benzene rings is 1. The van der Waals surface area contributed by atoms with Crippen molar-refractivity contribution in [2.75, 3.05) is 0 Å². The molecule has 1 aromatic carbocycles. The summed E-state index contributed by atoms with van der Waals surface area (Å²) < 4.78 is 10.9. The van der Waals surface area contributed by atoms with Crippen molar-refractivity contribution >= 4 is 57.9 Å². The average Bonchev–Trinajstić information content (AvgIpc) is 3.30. The second-order valence-corrected chi connectivity index (χ2v) is 7.28. The molecule has 10 heteroatoms. The fourth-order valence-electron chi connectivity index (χ4n) is 1.98. The molecule has 27 heavy (non-hydrogen) atoms. The first-order valence-electron chi connectivity index (χ1n) is 7.39. The quantitative estimate of drug-likeness (QED) is 0.239. The van der Waals surface area contributed by atoms with Crippen LogP contribution < -0.4 is 10.5 Å². The minimum Gasteiger partial charge on any atom is -0.483 e. The van der Waals surface area contributed by atoms with Gasteiger partial charge in [-0.15, -0.1) is 11.3 Å². The number of hydrogen-bond donors (Lipinski definition) is 1. The summed E-state index contributed by atoms with van der Waals surface area (Å²) in [6, 6.07) is 9.56. The van der Waals surface area contributed by atoms with Crippen LogP contribution in [-0.2, 0) is 11.4 Å². The Bertz CT molecular complexity index is 963. The summed E-state index contributed by atoms with van der Waals surface area (Å²) in [6.07, 6.45) is 0. The zero-order chi connectivity index (χ0) is 19.4. The Morgan fingerprint density at radius 1 is 1.19 bits per heavy atom. The molecule has 140 valence electrons. The minimum absolute atomic E-state index is 0.00501. The highest BCUT2D eigenvalue weighted by Crippen LogP contribution is 2.36. The molecule has 0 fully saturated rings. The van der Waals surface area contributed by atoms with Gasteiger partial charge in [-0.2, -0.15) is 0 Å². The predicted molar refractivity (Wildman–Crippen MR) is 105 cm³/mol. The van der Waals surface area contributed by atoms with E-state index in [0.717, 1.165) is 0 Å². The number of rotatable bonds is 6. The van der Waals surface area contributed by atoms with Crippen LogP contribution in [0.3, 0.4) is 0 Å². The number of amidine groups is 1. The number of thiophene rings is 1. The zero-order valence-electron chi connectivity index (χ0n) is 13.4. The third-order valence-electron chi connectivity index (χ3n) is 3.19. The maximum atomic E-state index is 12.0. The van der Waals surface area contributed by atoms with Crippen LogP contribution >= 0.6 is 46.1 Å². The van der Waals surface area contributed by atoms with Crippen LogP contribution in [0.5, 0.6) is 5.75 Å². The molecule has 2 heterocycles. The van der Waals surface area contributed by atoms with Crippen molar-refractivity contribution in [2.45, 2.75) is 6.61 Å². The normalized spacial score (nSPS) is 11.4. The Labute approximate surface area is 173 Å². The Morgan fingerprint density at radius 2 is 1.93 bits per heavy atom. The van der Waals surface area contributed by atoms with Gasteiger partial charge in [-0.05, 0) is 35.7 Å². The van der Waals surface area contributed by atoms with E-state index < -0.39 is 5.97 Å². The van der Waals surface area contributed by atoms with Gasteiger partial charge in [0.25, 0.3) is 0 Å². The monoisotopic (exact) mass is 444 g/mol. The molecule has 2 N–H and O–H groups in total. The van der Waals surface area contributed by atoms with Gasteiger partial charge in [-0.1, -0.05) is 46.0 Å². The second-order valence-electron chi connectivity index (χ2n) is 5.09. The van der Waals surface area contributed by atoms with Gasteiger partial charge in [0, 0.05) is 5.02 Å². The number of ether oxygens (including phenoxy) is 1. The average molecular weight is 446 g/mol. The van der Waals surface area contributed by atoms with Gasteiger partial charge < -0.3 is 19.7 Å². The van der Waals surface area contributed by atoms with E-state index in [0.29, 0.717) is 15.7 Å². The fourth-order valence-corrected chi connectivity index (χ4v) is 3.53. The number of furan rings is 1. The number of carbonyl (C=O) groups excluding carboxylic acids is 1. The lowest BCUT2D eigenvalue weighted by Gasteiger charge is -2.08. The Balaban J connectivity index is 1.61. The van der Waals surface area contributed by atoms with Crippen LogP contribution in [0.4, 0.5) is 0 Å². The molecule has 0 aliphatic heterocycles. The number of nitrogens with two attached hydrogens (primary N) is 1. The molecule has 0 aliphatic rings. The highest BCUT2D eigenvalue weighted by atomic mass is 35.5. The Morgan fingerprint density at radius 3 is 2.59 bits per heavy atom. The predicted octanol–water partition coefficient (Wildman–Crippen LogP) is 5.36. The molecule has 0 saturated carbocycles. The molecule has 0 aliphatic carbocycles. The highest BCUT2D eigenvalue weighted by Gasteiger charge is 2.15. The van der Waals surface area contributed by atoms with E-state index in [1.807, 2.05) is 11.4 Å². The smallest absolute Gasteiger partial charge is 0.400 e. The van der Waals surface area contributed by atoms with E-state index in [4.69, 9.17) is 54.5 Å². The highest BCUT2D eigenvalue weighted by molar-refractivity contribution is 7.12. The van der Waals surface area contributed by atoms with Gasteiger partial charge in [0.05, 0.1) is 14.9 Å². The molecule has 3 aromatic rings. The summed E-state index contributed by atoms with van der Waals surface area (Å²) in [6.45, 7) is -0.00501. The standard InChI is InChI=1S/C17H11Cl3N2O4S/c18-9-6-11(19)15(12(20)7-9)24-8-10-3-4-13(25-10)17(23)26-22-16(21)14-2-1-5-27-14/h1-7H,8H2,(H2,21,22). The molecule has 0 atom stereocenters. The SMILES string of the molecule is N/C(=N\OC(=O)c1ccc(COc2c(Cl)cc(Cl)cc2Cl)o1)c1cccs1. The first kappa shape index (κ1) is 19.6. The number of oxime groups is 1. The molecule has 0 unspecified atom stereocenters. The first-order valence-corrected chi connectivity index (χ1v) is 9.40. The van der Waals surface area contributed by atoms with Crippen molar-refractivity contribution in [3.05, 3.63) is 73.2 Å². The largest absolute Gasteiger partial charge is 0.483 e. The molecule has 0 saturated heterocycles. The summed E-state index contributed by atoms with van der Waals surface area (Å²) in [5.41, 5.74) is 5.72. The van der Waals surface area contributed by atoms with Crippen molar-refractivity contribution in [3.63, 3.8) is 0 Å². The number of carbonyl (C=O) groups is 1. The molecule has 2 aromatic heterocycles. The number of hydrogen-bond acceptors (Lipinski definition) is 6. The molecule has 6 nitrogen and oxygen atoms in total. The van der Waals surface area contributed by atoms with Crippen LogP contribution in [0, 0.1) is 0 Å². The molecule has 0 bridgehead atoms. The van der Waals surface area contributed by atoms with E-state index in [2.05, 4.69) is 5.16 Å². The maximum absolute atomic E-state index is 12.0.